The Morgan fingerprint density at radius 1 is 1.26 bits per heavy atom. The normalized spacial score (nSPS) is 22.8. The quantitative estimate of drug-likeness (QED) is 0.861. The van der Waals surface area contributed by atoms with Crippen LogP contribution in [-0.4, -0.2) is 31.3 Å². The van der Waals surface area contributed by atoms with Crippen LogP contribution in [0.25, 0.3) is 0 Å². The molecule has 0 aliphatic carbocycles. The Balaban J connectivity index is 2.40. The molecule has 102 valence electrons. The minimum absolute atomic E-state index is 0.0254. The maximum absolute atomic E-state index is 12.3. The molecule has 0 radical (unpaired) electrons. The van der Waals surface area contributed by atoms with E-state index in [1.54, 1.807) is 0 Å². The second-order valence-corrected chi connectivity index (χ2v) is 5.17. The van der Waals surface area contributed by atoms with E-state index in [1.807, 2.05) is 0 Å². The maximum atomic E-state index is 12.3. The third-order valence-corrected chi connectivity index (χ3v) is 3.11. The van der Waals surface area contributed by atoms with Gasteiger partial charge in [0, 0.05) is 17.2 Å². The van der Waals surface area contributed by atoms with Crippen LogP contribution in [0, 0.1) is 0 Å². The summed E-state index contributed by atoms with van der Waals surface area (Å²) in [4.78, 5) is 25.0. The number of benzene rings is 1. The summed E-state index contributed by atoms with van der Waals surface area (Å²) in [6.45, 7) is 1.46. The first-order valence-corrected chi connectivity index (χ1v) is 6.15. The molecule has 0 saturated carbocycles. The van der Waals surface area contributed by atoms with Crippen molar-refractivity contribution in [3.63, 3.8) is 0 Å². The highest BCUT2D eigenvalue weighted by Crippen LogP contribution is 2.32. The van der Waals surface area contributed by atoms with Gasteiger partial charge < -0.3 is 9.47 Å². The lowest BCUT2D eigenvalue weighted by Crippen LogP contribution is -2.42. The molecule has 0 unspecified atom stereocenters. The van der Waals surface area contributed by atoms with Crippen LogP contribution in [0.3, 0.4) is 0 Å². The smallest absolute Gasteiger partial charge is 0.422 e. The summed E-state index contributed by atoms with van der Waals surface area (Å²) in [5.74, 6) is -0.516. The van der Waals surface area contributed by atoms with E-state index in [4.69, 9.17) is 32.7 Å². The summed E-state index contributed by atoms with van der Waals surface area (Å²) in [6.07, 6.45) is -0.775. The lowest BCUT2D eigenvalue weighted by atomic mass is 10.1. The number of imide groups is 1. The molecule has 1 saturated heterocycles. The van der Waals surface area contributed by atoms with Crippen molar-refractivity contribution in [2.45, 2.75) is 12.5 Å². The van der Waals surface area contributed by atoms with Crippen LogP contribution in [0.2, 0.25) is 10.0 Å². The number of amides is 2. The third kappa shape index (κ3) is 2.54. The molecule has 0 spiro atoms. The number of hydrogen-bond donors (Lipinski definition) is 0. The van der Waals surface area contributed by atoms with Gasteiger partial charge in [-0.05, 0) is 25.1 Å². The van der Waals surface area contributed by atoms with Crippen molar-refractivity contribution in [1.82, 2.24) is 0 Å². The standard InChI is InChI=1S/C12H11Cl2NO4/c1-12(6-18-2)10(16)15(11(17)19-12)9-4-7(13)3-8(14)5-9/h3-5H,6H2,1-2H3/t12-/m0/s1. The summed E-state index contributed by atoms with van der Waals surface area (Å²) in [5, 5.41) is 0.645. The number of hydrogen-bond acceptors (Lipinski definition) is 4. The number of rotatable bonds is 3. The Bertz CT molecular complexity index is 528. The molecule has 1 fully saturated rings. The second kappa shape index (κ2) is 5.00. The number of ether oxygens (including phenoxy) is 2. The van der Waals surface area contributed by atoms with Crippen molar-refractivity contribution in [3.05, 3.63) is 28.2 Å². The number of nitrogens with zero attached hydrogens (tertiary/aromatic N) is 1. The summed E-state index contributed by atoms with van der Waals surface area (Å²) in [7, 11) is 1.42. The largest absolute Gasteiger partial charge is 0.430 e. The molecule has 0 aromatic heterocycles. The monoisotopic (exact) mass is 303 g/mol. The summed E-state index contributed by atoms with van der Waals surface area (Å²) in [6, 6.07) is 4.43. The first kappa shape index (κ1) is 14.1. The Morgan fingerprint density at radius 2 is 1.84 bits per heavy atom. The molecule has 0 bridgehead atoms. The van der Waals surface area contributed by atoms with Gasteiger partial charge in [-0.1, -0.05) is 23.2 Å². The molecule has 1 aromatic carbocycles. The summed E-state index contributed by atoms with van der Waals surface area (Å²) in [5.41, 5.74) is -1.06. The zero-order valence-corrected chi connectivity index (χ0v) is 11.8. The Morgan fingerprint density at radius 3 is 2.37 bits per heavy atom. The van der Waals surface area contributed by atoms with Gasteiger partial charge in [0.05, 0.1) is 12.3 Å². The second-order valence-electron chi connectivity index (χ2n) is 4.30. The molecule has 2 rings (SSSR count). The van der Waals surface area contributed by atoms with E-state index in [9.17, 15) is 9.59 Å². The first-order valence-electron chi connectivity index (χ1n) is 5.40. The van der Waals surface area contributed by atoms with Gasteiger partial charge in [-0.15, -0.1) is 0 Å². The molecule has 2 amide bonds. The fraction of sp³-hybridized carbons (Fsp3) is 0.333. The number of carbonyl (C=O) groups excluding carboxylic acids is 2. The van der Waals surface area contributed by atoms with E-state index >= 15 is 0 Å². The van der Waals surface area contributed by atoms with E-state index in [-0.39, 0.29) is 12.3 Å². The first-order chi connectivity index (χ1) is 8.87. The summed E-state index contributed by atoms with van der Waals surface area (Å²) >= 11 is 11.7. The fourth-order valence-corrected chi connectivity index (χ4v) is 2.37. The van der Waals surface area contributed by atoms with E-state index in [1.165, 1.54) is 32.2 Å². The van der Waals surface area contributed by atoms with Gasteiger partial charge in [0.1, 0.15) is 0 Å². The Labute approximate surface area is 120 Å². The molecule has 1 aromatic rings. The average molecular weight is 304 g/mol. The van der Waals surface area contributed by atoms with Gasteiger partial charge in [0.15, 0.2) is 0 Å². The van der Waals surface area contributed by atoms with Gasteiger partial charge in [0.2, 0.25) is 5.60 Å². The van der Waals surface area contributed by atoms with Crippen LogP contribution in [0.15, 0.2) is 18.2 Å². The molecular weight excluding hydrogens is 293 g/mol. The fourth-order valence-electron chi connectivity index (χ4n) is 1.86. The molecule has 1 aliphatic rings. The van der Waals surface area contributed by atoms with Crippen molar-refractivity contribution >= 4 is 40.9 Å². The van der Waals surface area contributed by atoms with E-state index in [2.05, 4.69) is 0 Å². The Hall–Kier alpha value is -1.30. The van der Waals surface area contributed by atoms with Gasteiger partial charge in [-0.25, -0.2) is 9.69 Å². The number of halogens is 2. The highest BCUT2D eigenvalue weighted by Gasteiger charge is 2.51. The van der Waals surface area contributed by atoms with Gasteiger partial charge in [-0.2, -0.15) is 0 Å². The minimum Gasteiger partial charge on any atom is -0.430 e. The number of anilines is 1. The molecule has 1 heterocycles. The van der Waals surface area contributed by atoms with Crippen molar-refractivity contribution in [2.24, 2.45) is 0 Å². The van der Waals surface area contributed by atoms with Gasteiger partial charge in [0.25, 0.3) is 5.91 Å². The van der Waals surface area contributed by atoms with Crippen LogP contribution < -0.4 is 4.90 Å². The number of methoxy groups -OCH3 is 1. The average Bonchev–Trinajstić information content (AvgIpc) is 2.48. The van der Waals surface area contributed by atoms with E-state index < -0.39 is 17.6 Å². The maximum Gasteiger partial charge on any atom is 0.422 e. The molecule has 7 heteroatoms. The predicted molar refractivity (Wildman–Crippen MR) is 70.7 cm³/mol. The van der Waals surface area contributed by atoms with E-state index in [0.717, 1.165) is 4.90 Å². The Kier molecular flexibility index (Phi) is 3.71. The zero-order chi connectivity index (χ0) is 14.2. The van der Waals surface area contributed by atoms with Crippen LogP contribution in [0.4, 0.5) is 10.5 Å². The molecule has 1 aliphatic heterocycles. The molecule has 1 atom stereocenters. The van der Waals surface area contributed by atoms with Crippen molar-refractivity contribution in [1.29, 1.82) is 0 Å². The number of carbonyl (C=O) groups is 2. The molecule has 5 nitrogen and oxygen atoms in total. The van der Waals surface area contributed by atoms with Gasteiger partial charge >= 0.3 is 6.09 Å². The lowest BCUT2D eigenvalue weighted by Gasteiger charge is -2.18. The highest BCUT2D eigenvalue weighted by molar-refractivity contribution is 6.35. The molecular formula is C12H11Cl2NO4. The third-order valence-electron chi connectivity index (χ3n) is 2.68. The highest BCUT2D eigenvalue weighted by atomic mass is 35.5. The minimum atomic E-state index is -1.33. The van der Waals surface area contributed by atoms with Crippen LogP contribution in [0.5, 0.6) is 0 Å². The number of cyclic esters (lactones) is 1. The molecule has 19 heavy (non-hydrogen) atoms. The van der Waals surface area contributed by atoms with Crippen molar-refractivity contribution in [3.8, 4) is 0 Å². The van der Waals surface area contributed by atoms with Crippen LogP contribution in [-0.2, 0) is 14.3 Å². The van der Waals surface area contributed by atoms with Crippen LogP contribution >= 0.6 is 23.2 Å². The zero-order valence-electron chi connectivity index (χ0n) is 10.3. The summed E-state index contributed by atoms with van der Waals surface area (Å²) < 4.78 is 9.98. The topological polar surface area (TPSA) is 55.8 Å². The lowest BCUT2D eigenvalue weighted by molar-refractivity contribution is -0.132. The van der Waals surface area contributed by atoms with Crippen LogP contribution in [0.1, 0.15) is 6.92 Å². The van der Waals surface area contributed by atoms with Crippen molar-refractivity contribution in [2.75, 3.05) is 18.6 Å². The SMILES string of the molecule is COC[C@]1(C)OC(=O)N(c2cc(Cl)cc(Cl)c2)C1=O. The van der Waals surface area contributed by atoms with Crippen molar-refractivity contribution < 1.29 is 19.1 Å². The predicted octanol–water partition coefficient (Wildman–Crippen LogP) is 2.88. The van der Waals surface area contributed by atoms with E-state index in [0.29, 0.717) is 10.0 Å². The molecule has 0 N–H and O–H groups in total. The van der Waals surface area contributed by atoms with Gasteiger partial charge in [-0.3, -0.25) is 4.79 Å².